The van der Waals surface area contributed by atoms with Crippen LogP contribution in [-0.4, -0.2) is 28.6 Å². The number of aromatic amines is 1. The fourth-order valence-electron chi connectivity index (χ4n) is 2.25. The van der Waals surface area contributed by atoms with Gasteiger partial charge in [0.05, 0.1) is 12.1 Å². The molecule has 6 nitrogen and oxygen atoms in total. The zero-order chi connectivity index (χ0) is 16.9. The van der Waals surface area contributed by atoms with Gasteiger partial charge in [0, 0.05) is 11.9 Å². The number of aromatic nitrogens is 2. The van der Waals surface area contributed by atoms with Crippen LogP contribution in [0, 0.1) is 5.82 Å². The van der Waals surface area contributed by atoms with Gasteiger partial charge in [-0.3, -0.25) is 14.7 Å². The molecule has 0 unspecified atom stereocenters. The number of amides is 2. The van der Waals surface area contributed by atoms with Crippen LogP contribution in [0.15, 0.2) is 48.5 Å². The quantitative estimate of drug-likeness (QED) is 0.667. The Balaban J connectivity index is 1.52. The molecule has 0 bridgehead atoms. The standard InChI is InChI=1S/C17H15FN4O2/c18-12-7-5-11(6-8-12)9-19-15(23)10-20-17(24)16-13-3-1-2-4-14(13)21-22-16/h1-8H,9-10H2,(H,19,23)(H,20,24)(H,21,22). The number of hydrogen-bond acceptors (Lipinski definition) is 3. The summed E-state index contributed by atoms with van der Waals surface area (Å²) in [6.45, 7) is 0.0987. The lowest BCUT2D eigenvalue weighted by Crippen LogP contribution is -2.36. The van der Waals surface area contributed by atoms with Gasteiger partial charge in [-0.15, -0.1) is 0 Å². The van der Waals surface area contributed by atoms with Crippen LogP contribution in [0.1, 0.15) is 16.1 Å². The number of halogens is 1. The minimum absolute atomic E-state index is 0.165. The van der Waals surface area contributed by atoms with Gasteiger partial charge >= 0.3 is 0 Å². The highest BCUT2D eigenvalue weighted by Crippen LogP contribution is 2.14. The summed E-state index contributed by atoms with van der Waals surface area (Å²) in [4.78, 5) is 23.9. The van der Waals surface area contributed by atoms with E-state index in [9.17, 15) is 14.0 Å². The average molecular weight is 326 g/mol. The molecule has 2 amide bonds. The molecule has 0 aliphatic heterocycles. The van der Waals surface area contributed by atoms with Crippen molar-refractivity contribution < 1.29 is 14.0 Å². The lowest BCUT2D eigenvalue weighted by atomic mass is 10.2. The summed E-state index contributed by atoms with van der Waals surface area (Å²) in [7, 11) is 0. The predicted molar refractivity (Wildman–Crippen MR) is 86.7 cm³/mol. The molecular weight excluding hydrogens is 311 g/mol. The third-order valence-corrected chi connectivity index (χ3v) is 3.50. The second-order valence-electron chi connectivity index (χ2n) is 5.20. The number of hydrogen-bond donors (Lipinski definition) is 3. The molecule has 0 atom stereocenters. The van der Waals surface area contributed by atoms with Crippen molar-refractivity contribution in [1.29, 1.82) is 0 Å². The lowest BCUT2D eigenvalue weighted by molar-refractivity contribution is -0.120. The van der Waals surface area contributed by atoms with Gasteiger partial charge in [0.15, 0.2) is 5.69 Å². The van der Waals surface area contributed by atoms with Crippen LogP contribution in [0.3, 0.4) is 0 Å². The van der Waals surface area contributed by atoms with Gasteiger partial charge in [0.1, 0.15) is 5.82 Å². The molecule has 0 saturated carbocycles. The van der Waals surface area contributed by atoms with Crippen molar-refractivity contribution in [2.75, 3.05) is 6.54 Å². The van der Waals surface area contributed by atoms with Crippen molar-refractivity contribution in [1.82, 2.24) is 20.8 Å². The minimum atomic E-state index is -0.426. The zero-order valence-electron chi connectivity index (χ0n) is 12.7. The number of para-hydroxylation sites is 1. The number of nitrogens with zero attached hydrogens (tertiary/aromatic N) is 1. The maximum Gasteiger partial charge on any atom is 0.272 e. The van der Waals surface area contributed by atoms with Gasteiger partial charge in [-0.1, -0.05) is 30.3 Å². The Morgan fingerprint density at radius 3 is 2.58 bits per heavy atom. The smallest absolute Gasteiger partial charge is 0.272 e. The number of benzene rings is 2. The first-order chi connectivity index (χ1) is 11.6. The first-order valence-corrected chi connectivity index (χ1v) is 7.36. The minimum Gasteiger partial charge on any atom is -0.350 e. The molecule has 24 heavy (non-hydrogen) atoms. The molecule has 3 N–H and O–H groups in total. The molecule has 0 aliphatic carbocycles. The molecule has 1 aromatic heterocycles. The first kappa shape index (κ1) is 15.7. The lowest BCUT2D eigenvalue weighted by Gasteiger charge is -2.06. The molecule has 2 aromatic carbocycles. The van der Waals surface area contributed by atoms with Crippen molar-refractivity contribution in [3.63, 3.8) is 0 Å². The summed E-state index contributed by atoms with van der Waals surface area (Å²) < 4.78 is 12.8. The number of H-pyrrole nitrogens is 1. The molecule has 122 valence electrons. The second-order valence-corrected chi connectivity index (χ2v) is 5.20. The average Bonchev–Trinajstić information content (AvgIpc) is 3.03. The zero-order valence-corrected chi connectivity index (χ0v) is 12.7. The van der Waals surface area contributed by atoms with Crippen LogP contribution < -0.4 is 10.6 Å². The van der Waals surface area contributed by atoms with Crippen molar-refractivity contribution in [2.24, 2.45) is 0 Å². The summed E-state index contributed by atoms with van der Waals surface area (Å²) in [5.41, 5.74) is 1.77. The molecule has 7 heteroatoms. The van der Waals surface area contributed by atoms with Gasteiger partial charge in [-0.2, -0.15) is 5.10 Å². The van der Waals surface area contributed by atoms with E-state index in [0.717, 1.165) is 11.1 Å². The highest BCUT2D eigenvalue weighted by atomic mass is 19.1. The van der Waals surface area contributed by atoms with E-state index < -0.39 is 5.91 Å². The van der Waals surface area contributed by atoms with E-state index in [0.29, 0.717) is 5.39 Å². The van der Waals surface area contributed by atoms with E-state index >= 15 is 0 Å². The van der Waals surface area contributed by atoms with Crippen LogP contribution in [0.5, 0.6) is 0 Å². The van der Waals surface area contributed by atoms with Crippen LogP contribution in [0.25, 0.3) is 10.9 Å². The summed E-state index contributed by atoms with van der Waals surface area (Å²) in [6.07, 6.45) is 0. The molecule has 3 aromatic rings. The molecule has 3 rings (SSSR count). The molecular formula is C17H15FN4O2. The highest BCUT2D eigenvalue weighted by molar-refractivity contribution is 6.05. The van der Waals surface area contributed by atoms with E-state index in [1.165, 1.54) is 12.1 Å². The number of fused-ring (bicyclic) bond motifs is 1. The maximum atomic E-state index is 12.8. The van der Waals surface area contributed by atoms with Gasteiger partial charge in [-0.05, 0) is 23.8 Å². The van der Waals surface area contributed by atoms with Gasteiger partial charge in [0.2, 0.25) is 5.91 Å². The van der Waals surface area contributed by atoms with Crippen molar-refractivity contribution in [2.45, 2.75) is 6.54 Å². The van der Waals surface area contributed by atoms with Gasteiger partial charge < -0.3 is 10.6 Å². The predicted octanol–water partition coefficient (Wildman–Crippen LogP) is 1.75. The van der Waals surface area contributed by atoms with Crippen LogP contribution in [0.2, 0.25) is 0 Å². The Morgan fingerprint density at radius 1 is 1.04 bits per heavy atom. The Labute approximate surface area is 137 Å². The van der Waals surface area contributed by atoms with Crippen LogP contribution in [-0.2, 0) is 11.3 Å². The fraction of sp³-hybridized carbons (Fsp3) is 0.118. The summed E-state index contributed by atoms with van der Waals surface area (Å²) >= 11 is 0. The van der Waals surface area contributed by atoms with E-state index in [1.54, 1.807) is 18.2 Å². The van der Waals surface area contributed by atoms with Crippen molar-refractivity contribution in [3.8, 4) is 0 Å². The van der Waals surface area contributed by atoms with Crippen LogP contribution in [0.4, 0.5) is 4.39 Å². The topological polar surface area (TPSA) is 86.9 Å². The Kier molecular flexibility index (Phi) is 4.51. The molecule has 0 radical (unpaired) electrons. The third-order valence-electron chi connectivity index (χ3n) is 3.50. The molecule has 0 fully saturated rings. The number of rotatable bonds is 5. The molecule has 0 saturated heterocycles. The largest absolute Gasteiger partial charge is 0.350 e. The number of carbonyl (C=O) groups excluding carboxylic acids is 2. The van der Waals surface area contributed by atoms with Crippen LogP contribution >= 0.6 is 0 Å². The summed E-state index contributed by atoms with van der Waals surface area (Å²) in [5.74, 6) is -1.10. The summed E-state index contributed by atoms with van der Waals surface area (Å²) in [6, 6.07) is 13.1. The number of nitrogens with one attached hydrogen (secondary N) is 3. The monoisotopic (exact) mass is 326 g/mol. The van der Waals surface area contributed by atoms with Crippen molar-refractivity contribution >= 4 is 22.7 Å². The first-order valence-electron chi connectivity index (χ1n) is 7.36. The maximum absolute atomic E-state index is 12.8. The van der Waals surface area contributed by atoms with E-state index in [-0.39, 0.29) is 30.5 Å². The normalized spacial score (nSPS) is 10.5. The molecule has 0 spiro atoms. The summed E-state index contributed by atoms with van der Waals surface area (Å²) in [5, 5.41) is 12.6. The SMILES string of the molecule is O=C(CNC(=O)c1n[nH]c2ccccc12)NCc1ccc(F)cc1. The van der Waals surface area contributed by atoms with Crippen molar-refractivity contribution in [3.05, 3.63) is 65.6 Å². The Morgan fingerprint density at radius 2 is 1.79 bits per heavy atom. The van der Waals surface area contributed by atoms with E-state index in [1.807, 2.05) is 18.2 Å². The fourth-order valence-corrected chi connectivity index (χ4v) is 2.25. The van der Waals surface area contributed by atoms with E-state index in [4.69, 9.17) is 0 Å². The Bertz CT molecular complexity index is 874. The molecule has 0 aliphatic rings. The number of carbonyl (C=O) groups is 2. The molecule has 1 heterocycles. The van der Waals surface area contributed by atoms with Gasteiger partial charge in [-0.25, -0.2) is 4.39 Å². The highest BCUT2D eigenvalue weighted by Gasteiger charge is 2.14. The second kappa shape index (κ2) is 6.91. The van der Waals surface area contributed by atoms with Gasteiger partial charge in [0.25, 0.3) is 5.91 Å². The third kappa shape index (κ3) is 3.57. The van der Waals surface area contributed by atoms with E-state index in [2.05, 4.69) is 20.8 Å². The Hall–Kier alpha value is -3.22.